The fourth-order valence-electron chi connectivity index (χ4n) is 3.11. The summed E-state index contributed by atoms with van der Waals surface area (Å²) in [4.78, 5) is 12.8. The summed E-state index contributed by atoms with van der Waals surface area (Å²) in [5, 5.41) is 13.7. The largest absolute Gasteiger partial charge is 0.361 e. The molecule has 0 aliphatic heterocycles. The highest BCUT2D eigenvalue weighted by molar-refractivity contribution is 5.99. The van der Waals surface area contributed by atoms with E-state index in [-0.39, 0.29) is 17.6 Å². The molecule has 0 amide bonds. The fraction of sp³-hybridized carbons (Fsp3) is 0.292. The van der Waals surface area contributed by atoms with E-state index in [4.69, 9.17) is 4.52 Å². The summed E-state index contributed by atoms with van der Waals surface area (Å²) in [7, 11) is 0. The highest BCUT2D eigenvalue weighted by Crippen LogP contribution is 2.31. The van der Waals surface area contributed by atoms with Gasteiger partial charge in [-0.1, -0.05) is 51.1 Å². The first-order chi connectivity index (χ1) is 13.4. The summed E-state index contributed by atoms with van der Waals surface area (Å²) in [5.41, 5.74) is 4.34. The maximum absolute atomic E-state index is 12.8. The van der Waals surface area contributed by atoms with Gasteiger partial charge in [0, 0.05) is 29.5 Å². The molecule has 4 nitrogen and oxygen atoms in total. The quantitative estimate of drug-likeness (QED) is 0.481. The van der Waals surface area contributed by atoms with E-state index in [0.29, 0.717) is 23.2 Å². The van der Waals surface area contributed by atoms with Gasteiger partial charge in [0.05, 0.1) is 11.6 Å². The van der Waals surface area contributed by atoms with Gasteiger partial charge in [-0.05, 0) is 41.3 Å². The molecule has 0 radical (unpaired) electrons. The van der Waals surface area contributed by atoms with Crippen molar-refractivity contribution in [2.24, 2.45) is 5.92 Å². The topological polar surface area (TPSA) is 66.9 Å². The molecule has 0 saturated heterocycles. The van der Waals surface area contributed by atoms with E-state index < -0.39 is 0 Å². The lowest BCUT2D eigenvalue weighted by molar-refractivity contribution is 0.0968. The number of hydrogen-bond acceptors (Lipinski definition) is 4. The maximum atomic E-state index is 12.8. The van der Waals surface area contributed by atoms with Crippen molar-refractivity contribution in [2.75, 3.05) is 0 Å². The zero-order valence-corrected chi connectivity index (χ0v) is 16.7. The second-order valence-corrected chi connectivity index (χ2v) is 7.75. The van der Waals surface area contributed by atoms with Gasteiger partial charge in [-0.3, -0.25) is 4.79 Å². The lowest BCUT2D eigenvalue weighted by atomic mass is 9.92. The van der Waals surface area contributed by atoms with Crippen LogP contribution in [0.2, 0.25) is 0 Å². The van der Waals surface area contributed by atoms with Gasteiger partial charge in [0.1, 0.15) is 11.5 Å². The van der Waals surface area contributed by atoms with Crippen LogP contribution in [-0.2, 0) is 0 Å². The number of carbonyl (C=O) groups is 1. The molecule has 1 heterocycles. The van der Waals surface area contributed by atoms with Crippen LogP contribution >= 0.6 is 0 Å². The molecule has 3 aromatic rings. The van der Waals surface area contributed by atoms with Crippen LogP contribution in [0.15, 0.2) is 53.1 Å². The Labute approximate surface area is 165 Å². The summed E-state index contributed by atoms with van der Waals surface area (Å²) in [6, 6.07) is 17.3. The maximum Gasteiger partial charge on any atom is 0.163 e. The van der Waals surface area contributed by atoms with Crippen LogP contribution < -0.4 is 0 Å². The molecule has 0 atom stereocenters. The molecular weight excluding hydrogens is 348 g/mol. The van der Waals surface area contributed by atoms with E-state index in [1.54, 1.807) is 6.07 Å². The van der Waals surface area contributed by atoms with Crippen molar-refractivity contribution in [3.8, 4) is 28.5 Å². The number of benzene rings is 2. The Bertz CT molecular complexity index is 1040. The minimum atomic E-state index is 0.0834. The van der Waals surface area contributed by atoms with E-state index in [2.05, 4.69) is 11.2 Å². The molecule has 2 aromatic carbocycles. The van der Waals surface area contributed by atoms with Gasteiger partial charge < -0.3 is 4.52 Å². The average molecular weight is 372 g/mol. The smallest absolute Gasteiger partial charge is 0.163 e. The van der Waals surface area contributed by atoms with Crippen LogP contribution in [-0.4, -0.2) is 10.9 Å². The predicted octanol–water partition coefficient (Wildman–Crippen LogP) is 6.23. The normalized spacial score (nSPS) is 11.0. The number of nitrogens with zero attached hydrogens (tertiary/aromatic N) is 2. The summed E-state index contributed by atoms with van der Waals surface area (Å²) in [6.07, 6.45) is 0.471. The zero-order chi connectivity index (χ0) is 20.3. The van der Waals surface area contributed by atoms with Crippen molar-refractivity contribution >= 4 is 5.78 Å². The van der Waals surface area contributed by atoms with Crippen LogP contribution in [0.5, 0.6) is 0 Å². The lowest BCUT2D eigenvalue weighted by Crippen LogP contribution is -2.04. The molecule has 0 spiro atoms. The van der Waals surface area contributed by atoms with Crippen molar-refractivity contribution in [1.82, 2.24) is 5.16 Å². The van der Waals surface area contributed by atoms with E-state index in [1.807, 2.05) is 70.2 Å². The van der Waals surface area contributed by atoms with Gasteiger partial charge in [-0.2, -0.15) is 5.26 Å². The van der Waals surface area contributed by atoms with Crippen LogP contribution in [0.4, 0.5) is 0 Å². The minimum Gasteiger partial charge on any atom is -0.361 e. The molecule has 0 aliphatic carbocycles. The molecule has 0 saturated carbocycles. The van der Waals surface area contributed by atoms with Crippen LogP contribution in [0, 0.1) is 17.2 Å². The molecule has 28 heavy (non-hydrogen) atoms. The van der Waals surface area contributed by atoms with Gasteiger partial charge in [0.15, 0.2) is 5.78 Å². The highest BCUT2D eigenvalue weighted by Gasteiger charge is 2.16. The molecule has 4 heteroatoms. The molecule has 142 valence electrons. The SMILES string of the molecule is CC(C)CC(=O)c1cc(-c2cc(C(C)C)on2)cc(-c2ccccc2C#N)c1. The first kappa shape index (κ1) is 19.6. The molecule has 1 aromatic heterocycles. The van der Waals surface area contributed by atoms with Gasteiger partial charge in [-0.15, -0.1) is 0 Å². The number of nitriles is 1. The summed E-state index contributed by atoms with van der Waals surface area (Å²) >= 11 is 0. The van der Waals surface area contributed by atoms with Crippen molar-refractivity contribution in [3.05, 3.63) is 65.4 Å². The standard InChI is InChI=1S/C24H24N2O2/c1-15(2)9-23(27)20-11-18(21-8-6-5-7-17(21)14-25)10-19(12-20)22-13-24(16(3)4)28-26-22/h5-8,10-13,15-16H,9H2,1-4H3. The number of ketones is 1. The third-order valence-corrected chi connectivity index (χ3v) is 4.60. The second kappa shape index (κ2) is 8.22. The van der Waals surface area contributed by atoms with E-state index >= 15 is 0 Å². The van der Waals surface area contributed by atoms with Gasteiger partial charge in [0.25, 0.3) is 0 Å². The molecule has 3 rings (SSSR count). The third kappa shape index (κ3) is 4.20. The Hall–Kier alpha value is -3.19. The molecule has 0 bridgehead atoms. The number of Topliss-reactive ketones (excluding diaryl/α,β-unsaturated/α-hetero) is 1. The van der Waals surface area contributed by atoms with Crippen LogP contribution in [0.3, 0.4) is 0 Å². The number of carbonyl (C=O) groups excluding carboxylic acids is 1. The van der Waals surface area contributed by atoms with E-state index in [9.17, 15) is 10.1 Å². The molecule has 0 N–H and O–H groups in total. The molecular formula is C24H24N2O2. The summed E-state index contributed by atoms with van der Waals surface area (Å²) < 4.78 is 5.45. The monoisotopic (exact) mass is 372 g/mol. The molecule has 0 fully saturated rings. The van der Waals surface area contributed by atoms with Crippen molar-refractivity contribution in [2.45, 2.75) is 40.0 Å². The number of hydrogen-bond donors (Lipinski definition) is 0. The Morgan fingerprint density at radius 2 is 1.79 bits per heavy atom. The second-order valence-electron chi connectivity index (χ2n) is 7.75. The van der Waals surface area contributed by atoms with E-state index in [0.717, 1.165) is 22.5 Å². The first-order valence-corrected chi connectivity index (χ1v) is 9.53. The Balaban J connectivity index is 2.16. The Morgan fingerprint density at radius 3 is 2.43 bits per heavy atom. The van der Waals surface area contributed by atoms with Gasteiger partial charge >= 0.3 is 0 Å². The minimum absolute atomic E-state index is 0.0834. The third-order valence-electron chi connectivity index (χ3n) is 4.60. The Morgan fingerprint density at radius 1 is 1.07 bits per heavy atom. The van der Waals surface area contributed by atoms with Crippen molar-refractivity contribution in [1.29, 1.82) is 5.26 Å². The Kier molecular flexibility index (Phi) is 5.75. The number of rotatable bonds is 6. The van der Waals surface area contributed by atoms with Crippen molar-refractivity contribution < 1.29 is 9.32 Å². The highest BCUT2D eigenvalue weighted by atomic mass is 16.5. The van der Waals surface area contributed by atoms with Crippen LogP contribution in [0.25, 0.3) is 22.4 Å². The number of aromatic nitrogens is 1. The van der Waals surface area contributed by atoms with Crippen molar-refractivity contribution in [3.63, 3.8) is 0 Å². The zero-order valence-electron chi connectivity index (χ0n) is 16.7. The predicted molar refractivity (Wildman–Crippen MR) is 110 cm³/mol. The first-order valence-electron chi connectivity index (χ1n) is 9.53. The molecule has 0 unspecified atom stereocenters. The van der Waals surface area contributed by atoms with Gasteiger partial charge in [-0.25, -0.2) is 0 Å². The summed E-state index contributed by atoms with van der Waals surface area (Å²) in [5.74, 6) is 1.38. The van der Waals surface area contributed by atoms with E-state index in [1.165, 1.54) is 0 Å². The van der Waals surface area contributed by atoms with Crippen LogP contribution in [0.1, 0.15) is 61.7 Å². The summed E-state index contributed by atoms with van der Waals surface area (Å²) in [6.45, 7) is 8.14. The lowest BCUT2D eigenvalue weighted by Gasteiger charge is -2.11. The fourth-order valence-corrected chi connectivity index (χ4v) is 3.11. The average Bonchev–Trinajstić information content (AvgIpc) is 3.17. The molecule has 0 aliphatic rings. The van der Waals surface area contributed by atoms with Gasteiger partial charge in [0.2, 0.25) is 0 Å².